The first-order valence-corrected chi connectivity index (χ1v) is 10.5. The fourth-order valence-electron chi connectivity index (χ4n) is 3.58. The van der Waals surface area contributed by atoms with Crippen molar-refractivity contribution in [2.45, 2.75) is 13.1 Å². The number of nitrogens with zero attached hydrogens (tertiary/aromatic N) is 3. The Balaban J connectivity index is 1.63. The molecule has 0 fully saturated rings. The number of non-ortho nitro benzene ring substituents is 1. The van der Waals surface area contributed by atoms with Crippen LogP contribution < -0.4 is 5.32 Å². The predicted octanol–water partition coefficient (Wildman–Crippen LogP) is 6.04. The molecule has 2 amide bonds. The summed E-state index contributed by atoms with van der Waals surface area (Å²) >= 11 is 0. The van der Waals surface area contributed by atoms with Crippen molar-refractivity contribution in [1.29, 1.82) is 0 Å². The van der Waals surface area contributed by atoms with Crippen LogP contribution in [0, 0.1) is 27.6 Å². The lowest BCUT2D eigenvalue weighted by atomic mass is 10.2. The molecule has 1 aromatic heterocycles. The molecule has 0 bridgehead atoms. The quantitative estimate of drug-likeness (QED) is 0.259. The van der Waals surface area contributed by atoms with Crippen molar-refractivity contribution in [3.05, 3.63) is 124 Å². The normalized spacial score (nSPS) is 10.7. The van der Waals surface area contributed by atoms with E-state index in [9.17, 15) is 28.1 Å². The van der Waals surface area contributed by atoms with Crippen LogP contribution in [0.5, 0.6) is 0 Å². The van der Waals surface area contributed by atoms with Gasteiger partial charge in [-0.05, 0) is 29.8 Å². The summed E-state index contributed by atoms with van der Waals surface area (Å²) < 4.78 is 43.3. The summed E-state index contributed by atoms with van der Waals surface area (Å²) in [6.07, 6.45) is 1.73. The standard InChI is InChI=1S/C25H19F3N4O3/c26-18-13-22(27)24(23(28)14-18)29-25(33)30(15-17-5-2-1-3-6-17)16-21-7-4-12-31(21)19-8-10-20(11-9-19)32(34)35/h1-14H,15-16H2,(H,29,33). The van der Waals surface area contributed by atoms with Crippen LogP contribution >= 0.6 is 0 Å². The number of nitrogens with one attached hydrogen (secondary N) is 1. The Morgan fingerprint density at radius 1 is 0.914 bits per heavy atom. The summed E-state index contributed by atoms with van der Waals surface area (Å²) in [5.41, 5.74) is 1.24. The second-order valence-corrected chi connectivity index (χ2v) is 7.66. The van der Waals surface area contributed by atoms with E-state index in [2.05, 4.69) is 5.32 Å². The van der Waals surface area contributed by atoms with Crippen molar-refractivity contribution in [1.82, 2.24) is 9.47 Å². The Kier molecular flexibility index (Phi) is 6.81. The molecule has 10 heteroatoms. The number of nitro groups is 1. The lowest BCUT2D eigenvalue weighted by Gasteiger charge is -2.24. The topological polar surface area (TPSA) is 80.4 Å². The van der Waals surface area contributed by atoms with Crippen molar-refractivity contribution < 1.29 is 22.9 Å². The second-order valence-electron chi connectivity index (χ2n) is 7.66. The summed E-state index contributed by atoms with van der Waals surface area (Å²) in [7, 11) is 0. The zero-order chi connectivity index (χ0) is 24.9. The van der Waals surface area contributed by atoms with E-state index >= 15 is 0 Å². The summed E-state index contributed by atoms with van der Waals surface area (Å²) in [4.78, 5) is 24.9. The number of carbonyl (C=O) groups is 1. The molecule has 1 heterocycles. The van der Waals surface area contributed by atoms with Gasteiger partial charge in [-0.15, -0.1) is 0 Å². The minimum Gasteiger partial charge on any atom is -0.319 e. The first-order chi connectivity index (χ1) is 16.8. The summed E-state index contributed by atoms with van der Waals surface area (Å²) in [5.74, 6) is -3.56. The first kappa shape index (κ1) is 23.6. The fraction of sp³-hybridized carbons (Fsp3) is 0.0800. The van der Waals surface area contributed by atoms with E-state index in [-0.39, 0.29) is 18.8 Å². The minimum atomic E-state index is -1.23. The Morgan fingerprint density at radius 2 is 1.57 bits per heavy atom. The molecule has 0 saturated heterocycles. The van der Waals surface area contributed by atoms with Gasteiger partial charge in [0.2, 0.25) is 0 Å². The zero-order valence-corrected chi connectivity index (χ0v) is 18.2. The molecule has 3 aromatic carbocycles. The minimum absolute atomic E-state index is 0.0369. The van der Waals surface area contributed by atoms with E-state index in [1.165, 1.54) is 17.0 Å². The van der Waals surface area contributed by atoms with Gasteiger partial charge in [0.1, 0.15) is 11.5 Å². The molecule has 1 N–H and O–H groups in total. The Hall–Kier alpha value is -4.60. The highest BCUT2D eigenvalue weighted by molar-refractivity contribution is 5.89. The highest BCUT2D eigenvalue weighted by Crippen LogP contribution is 2.23. The molecule has 0 saturated carbocycles. The Morgan fingerprint density at radius 3 is 2.20 bits per heavy atom. The molecule has 0 aliphatic heterocycles. The van der Waals surface area contributed by atoms with Crippen LogP contribution in [0.25, 0.3) is 5.69 Å². The molecule has 4 aromatic rings. The van der Waals surface area contributed by atoms with Gasteiger partial charge in [-0.3, -0.25) is 10.1 Å². The smallest absolute Gasteiger partial charge is 0.319 e. The molecule has 4 rings (SSSR count). The number of carbonyl (C=O) groups excluding carboxylic acids is 1. The third-order valence-electron chi connectivity index (χ3n) is 5.27. The van der Waals surface area contributed by atoms with E-state index in [0.29, 0.717) is 23.5 Å². The van der Waals surface area contributed by atoms with E-state index in [0.717, 1.165) is 5.56 Å². The van der Waals surface area contributed by atoms with Gasteiger partial charge in [0.05, 0.1) is 11.5 Å². The van der Waals surface area contributed by atoms with E-state index in [1.807, 2.05) is 6.07 Å². The summed E-state index contributed by atoms with van der Waals surface area (Å²) in [5, 5.41) is 13.2. The van der Waals surface area contributed by atoms with Crippen molar-refractivity contribution in [3.63, 3.8) is 0 Å². The number of anilines is 1. The number of hydrogen-bond acceptors (Lipinski definition) is 3. The molecular formula is C25H19F3N4O3. The number of nitro benzene ring substituents is 1. The van der Waals surface area contributed by atoms with Crippen LogP contribution in [0.2, 0.25) is 0 Å². The van der Waals surface area contributed by atoms with Gasteiger partial charge >= 0.3 is 6.03 Å². The molecule has 0 unspecified atom stereocenters. The van der Waals surface area contributed by atoms with Gasteiger partial charge in [0, 0.05) is 48.4 Å². The van der Waals surface area contributed by atoms with Gasteiger partial charge in [-0.2, -0.15) is 0 Å². The number of aromatic nitrogens is 1. The van der Waals surface area contributed by atoms with Crippen LogP contribution in [-0.4, -0.2) is 20.4 Å². The van der Waals surface area contributed by atoms with Crippen LogP contribution in [-0.2, 0) is 13.1 Å². The maximum atomic E-state index is 14.1. The van der Waals surface area contributed by atoms with E-state index in [1.54, 1.807) is 59.3 Å². The van der Waals surface area contributed by atoms with Crippen LogP contribution in [0.1, 0.15) is 11.3 Å². The molecule has 35 heavy (non-hydrogen) atoms. The highest BCUT2D eigenvalue weighted by atomic mass is 19.1. The molecule has 178 valence electrons. The van der Waals surface area contributed by atoms with E-state index < -0.39 is 34.1 Å². The largest absolute Gasteiger partial charge is 0.322 e. The fourth-order valence-corrected chi connectivity index (χ4v) is 3.58. The lowest BCUT2D eigenvalue weighted by molar-refractivity contribution is -0.384. The third kappa shape index (κ3) is 5.49. The van der Waals surface area contributed by atoms with Gasteiger partial charge in [0.25, 0.3) is 5.69 Å². The SMILES string of the molecule is O=C(Nc1c(F)cc(F)cc1F)N(Cc1ccccc1)Cc1cccn1-c1ccc([N+](=O)[O-])cc1. The average Bonchev–Trinajstić information content (AvgIpc) is 3.29. The van der Waals surface area contributed by atoms with Gasteiger partial charge in [-0.25, -0.2) is 18.0 Å². The maximum Gasteiger partial charge on any atom is 0.322 e. The molecular weight excluding hydrogens is 461 g/mol. The number of halogens is 3. The monoisotopic (exact) mass is 480 g/mol. The van der Waals surface area contributed by atoms with Crippen molar-refractivity contribution >= 4 is 17.4 Å². The molecule has 0 spiro atoms. The van der Waals surface area contributed by atoms with Crippen molar-refractivity contribution in [3.8, 4) is 5.69 Å². The van der Waals surface area contributed by atoms with Gasteiger partial charge in [0.15, 0.2) is 11.6 Å². The lowest BCUT2D eigenvalue weighted by Crippen LogP contribution is -2.35. The highest BCUT2D eigenvalue weighted by Gasteiger charge is 2.21. The van der Waals surface area contributed by atoms with Crippen LogP contribution in [0.3, 0.4) is 0 Å². The second kappa shape index (κ2) is 10.1. The third-order valence-corrected chi connectivity index (χ3v) is 5.27. The summed E-state index contributed by atoms with van der Waals surface area (Å²) in [6.45, 7) is 0.150. The Bertz CT molecular complexity index is 1340. The predicted molar refractivity (Wildman–Crippen MR) is 123 cm³/mol. The molecule has 7 nitrogen and oxygen atoms in total. The molecule has 0 radical (unpaired) electrons. The van der Waals surface area contributed by atoms with Crippen LogP contribution in [0.15, 0.2) is 85.1 Å². The van der Waals surface area contributed by atoms with Crippen molar-refractivity contribution in [2.24, 2.45) is 0 Å². The van der Waals surface area contributed by atoms with Crippen molar-refractivity contribution in [2.75, 3.05) is 5.32 Å². The number of benzene rings is 3. The van der Waals surface area contributed by atoms with Gasteiger partial charge in [-0.1, -0.05) is 30.3 Å². The zero-order valence-electron chi connectivity index (χ0n) is 18.2. The van der Waals surface area contributed by atoms with E-state index in [4.69, 9.17) is 0 Å². The Labute approximate surface area is 198 Å². The molecule has 0 aliphatic rings. The first-order valence-electron chi connectivity index (χ1n) is 10.5. The number of amides is 2. The number of hydrogen-bond donors (Lipinski definition) is 1. The molecule has 0 aliphatic carbocycles. The molecule has 0 atom stereocenters. The number of rotatable bonds is 7. The summed E-state index contributed by atoms with van der Waals surface area (Å²) in [6, 6.07) is 18.6. The average molecular weight is 480 g/mol. The van der Waals surface area contributed by atoms with Crippen LogP contribution in [0.4, 0.5) is 29.3 Å². The maximum absolute atomic E-state index is 14.1. The van der Waals surface area contributed by atoms with Gasteiger partial charge < -0.3 is 14.8 Å². The number of urea groups is 1.